The molecule has 0 fully saturated rings. The van der Waals surface area contributed by atoms with Crippen LogP contribution < -0.4 is 21.7 Å². The molecule has 5 aromatic rings. The molecule has 0 bridgehead atoms. The van der Waals surface area contributed by atoms with E-state index >= 15 is 0 Å². The SMILES string of the molecule is Nc1ccccc1NC(=O)c1ccc(Nc2nc(-c3cnc4ccc(CNCC(F)(F)F)cn34)cs2)s1. The monoisotopic (exact) mass is 543 g/mol. The molecule has 0 aliphatic heterocycles. The van der Waals surface area contributed by atoms with Gasteiger partial charge in [0.1, 0.15) is 11.3 Å². The second-order valence-corrected chi connectivity index (χ2v) is 9.94. The number of halogens is 3. The Morgan fingerprint density at radius 2 is 1.95 bits per heavy atom. The van der Waals surface area contributed by atoms with Crippen LogP contribution >= 0.6 is 22.7 Å². The Hall–Kier alpha value is -3.94. The lowest BCUT2D eigenvalue weighted by Crippen LogP contribution is -2.28. The third kappa shape index (κ3) is 5.90. The van der Waals surface area contributed by atoms with E-state index in [0.29, 0.717) is 44.0 Å². The number of thiophene rings is 1. The van der Waals surface area contributed by atoms with Gasteiger partial charge >= 0.3 is 6.18 Å². The van der Waals surface area contributed by atoms with Gasteiger partial charge in [0.05, 0.1) is 39.7 Å². The zero-order valence-corrected chi connectivity index (χ0v) is 20.7. The van der Waals surface area contributed by atoms with Gasteiger partial charge in [0.25, 0.3) is 5.91 Å². The predicted molar refractivity (Wildman–Crippen MR) is 140 cm³/mol. The summed E-state index contributed by atoms with van der Waals surface area (Å²) in [4.78, 5) is 22.1. The molecule has 8 nitrogen and oxygen atoms in total. The Labute approximate surface area is 217 Å². The molecule has 190 valence electrons. The van der Waals surface area contributed by atoms with Gasteiger partial charge < -0.3 is 21.7 Å². The molecule has 0 aliphatic rings. The number of nitrogens with one attached hydrogen (secondary N) is 3. The maximum absolute atomic E-state index is 12.6. The number of nitrogen functional groups attached to an aromatic ring is 1. The minimum absolute atomic E-state index is 0.0715. The maximum Gasteiger partial charge on any atom is 0.401 e. The number of nitrogens with two attached hydrogens (primary N) is 1. The minimum atomic E-state index is -4.27. The summed E-state index contributed by atoms with van der Waals surface area (Å²) in [6.07, 6.45) is -0.849. The first-order valence-electron chi connectivity index (χ1n) is 11.0. The summed E-state index contributed by atoms with van der Waals surface area (Å²) in [5, 5.41) is 11.6. The van der Waals surface area contributed by atoms with Crippen LogP contribution in [-0.2, 0) is 6.54 Å². The smallest absolute Gasteiger partial charge is 0.397 e. The first-order chi connectivity index (χ1) is 17.7. The van der Waals surface area contributed by atoms with E-state index in [0.717, 1.165) is 5.00 Å². The first kappa shape index (κ1) is 24.7. The van der Waals surface area contributed by atoms with Crippen molar-refractivity contribution < 1.29 is 18.0 Å². The number of alkyl halides is 3. The molecule has 4 heterocycles. The predicted octanol–water partition coefficient (Wildman–Crippen LogP) is 5.75. The van der Waals surface area contributed by atoms with Crippen molar-refractivity contribution in [1.29, 1.82) is 0 Å². The van der Waals surface area contributed by atoms with Crippen molar-refractivity contribution in [1.82, 2.24) is 19.7 Å². The topological polar surface area (TPSA) is 109 Å². The third-order valence-corrected chi connectivity index (χ3v) is 7.01. The van der Waals surface area contributed by atoms with Crippen molar-refractivity contribution in [2.45, 2.75) is 12.7 Å². The molecule has 0 saturated heterocycles. The fourth-order valence-corrected chi connectivity index (χ4v) is 5.13. The summed E-state index contributed by atoms with van der Waals surface area (Å²) >= 11 is 2.66. The van der Waals surface area contributed by atoms with Gasteiger partial charge in [-0.05, 0) is 35.9 Å². The van der Waals surface area contributed by atoms with E-state index in [-0.39, 0.29) is 12.5 Å². The highest BCUT2D eigenvalue weighted by molar-refractivity contribution is 7.19. The molecule has 5 N–H and O–H groups in total. The quantitative estimate of drug-likeness (QED) is 0.186. The van der Waals surface area contributed by atoms with E-state index in [4.69, 9.17) is 5.73 Å². The molecule has 1 amide bonds. The summed E-state index contributed by atoms with van der Waals surface area (Å²) in [5.74, 6) is -0.262. The van der Waals surface area contributed by atoms with Crippen LogP contribution in [0.15, 0.2) is 66.3 Å². The minimum Gasteiger partial charge on any atom is -0.397 e. The van der Waals surface area contributed by atoms with E-state index in [2.05, 4.69) is 25.9 Å². The molecule has 13 heteroatoms. The Balaban J connectivity index is 1.27. The van der Waals surface area contributed by atoms with Gasteiger partial charge in [-0.25, -0.2) is 9.97 Å². The number of hydrogen-bond donors (Lipinski definition) is 4. The fraction of sp³-hybridized carbons (Fsp3) is 0.125. The van der Waals surface area contributed by atoms with Crippen molar-refractivity contribution in [3.05, 3.63) is 76.7 Å². The maximum atomic E-state index is 12.6. The van der Waals surface area contributed by atoms with E-state index < -0.39 is 12.7 Å². The number of pyridine rings is 1. The van der Waals surface area contributed by atoms with Crippen LogP contribution in [0.4, 0.5) is 34.7 Å². The largest absolute Gasteiger partial charge is 0.401 e. The van der Waals surface area contributed by atoms with Gasteiger partial charge in [-0.1, -0.05) is 18.2 Å². The average Bonchev–Trinajstić information content (AvgIpc) is 3.60. The molecular formula is C24H20F3N7OS2. The summed E-state index contributed by atoms with van der Waals surface area (Å²) in [6.45, 7) is -0.989. The number of carbonyl (C=O) groups excluding carboxylic acids is 1. The van der Waals surface area contributed by atoms with Crippen LogP contribution in [0.1, 0.15) is 15.2 Å². The summed E-state index contributed by atoms with van der Waals surface area (Å²) < 4.78 is 39.1. The third-order valence-electron chi connectivity index (χ3n) is 5.26. The molecule has 0 unspecified atom stereocenters. The number of amides is 1. The Bertz CT molecular complexity index is 1560. The van der Waals surface area contributed by atoms with Gasteiger partial charge in [0.2, 0.25) is 0 Å². The molecule has 4 aromatic heterocycles. The number of carbonyl (C=O) groups is 1. The highest BCUT2D eigenvalue weighted by Crippen LogP contribution is 2.31. The molecule has 0 spiro atoms. The molecule has 0 atom stereocenters. The summed E-state index contributed by atoms with van der Waals surface area (Å²) in [7, 11) is 0. The van der Waals surface area contributed by atoms with Crippen LogP contribution in [0.2, 0.25) is 0 Å². The lowest BCUT2D eigenvalue weighted by Gasteiger charge is -2.09. The number of nitrogens with zero attached hydrogens (tertiary/aromatic N) is 3. The zero-order valence-electron chi connectivity index (χ0n) is 19.0. The van der Waals surface area contributed by atoms with Crippen molar-refractivity contribution in [3.8, 4) is 11.4 Å². The van der Waals surface area contributed by atoms with Gasteiger partial charge in [-0.3, -0.25) is 9.20 Å². The number of imidazole rings is 1. The first-order valence-corrected chi connectivity index (χ1v) is 12.7. The molecule has 5 rings (SSSR count). The number of thiazole rings is 1. The van der Waals surface area contributed by atoms with Crippen molar-refractivity contribution in [2.75, 3.05) is 22.9 Å². The second-order valence-electron chi connectivity index (χ2n) is 8.00. The van der Waals surface area contributed by atoms with E-state index in [1.807, 2.05) is 5.38 Å². The molecule has 0 saturated carbocycles. The van der Waals surface area contributed by atoms with E-state index in [9.17, 15) is 18.0 Å². The van der Waals surface area contributed by atoms with Crippen LogP contribution in [0.25, 0.3) is 17.0 Å². The number of rotatable bonds is 8. The van der Waals surface area contributed by atoms with Gasteiger partial charge in [-0.15, -0.1) is 22.7 Å². The molecular weight excluding hydrogens is 523 g/mol. The zero-order chi connectivity index (χ0) is 26.0. The average molecular weight is 544 g/mol. The summed E-state index contributed by atoms with van der Waals surface area (Å²) in [5.41, 5.74) is 9.65. The standard InChI is InChI=1S/C24H20F3N7OS2/c25-24(26,27)13-29-9-14-5-7-20-30-10-18(34(20)11-14)17-12-36-23(32-17)33-21-8-6-19(37-21)22(35)31-16-4-2-1-3-15(16)28/h1-8,10-12,29H,9,13,28H2,(H,31,35)(H,32,33). The van der Waals surface area contributed by atoms with Crippen molar-refractivity contribution in [3.63, 3.8) is 0 Å². The van der Waals surface area contributed by atoms with Crippen LogP contribution in [-0.4, -0.2) is 33.0 Å². The number of aromatic nitrogens is 3. The molecule has 0 aliphatic carbocycles. The molecule has 0 radical (unpaired) electrons. The van der Waals surface area contributed by atoms with E-state index in [1.54, 1.807) is 65.3 Å². The van der Waals surface area contributed by atoms with Gasteiger partial charge in [0.15, 0.2) is 5.13 Å². The van der Waals surface area contributed by atoms with Crippen LogP contribution in [0, 0.1) is 0 Å². The van der Waals surface area contributed by atoms with Crippen LogP contribution in [0.3, 0.4) is 0 Å². The van der Waals surface area contributed by atoms with Gasteiger partial charge in [-0.2, -0.15) is 13.2 Å². The Kier molecular flexibility index (Phi) is 6.82. The molecule has 37 heavy (non-hydrogen) atoms. The lowest BCUT2D eigenvalue weighted by atomic mass is 10.2. The van der Waals surface area contributed by atoms with Crippen molar-refractivity contribution in [2.24, 2.45) is 0 Å². The van der Waals surface area contributed by atoms with Gasteiger partial charge in [0, 0.05) is 18.1 Å². The number of hydrogen-bond acceptors (Lipinski definition) is 8. The van der Waals surface area contributed by atoms with Crippen LogP contribution in [0.5, 0.6) is 0 Å². The van der Waals surface area contributed by atoms with Crippen molar-refractivity contribution >= 4 is 55.7 Å². The van der Waals surface area contributed by atoms with E-state index in [1.165, 1.54) is 22.7 Å². The normalized spacial score (nSPS) is 11.6. The second kappa shape index (κ2) is 10.2. The summed E-state index contributed by atoms with van der Waals surface area (Å²) in [6, 6.07) is 14.0. The number of benzene rings is 1. The highest BCUT2D eigenvalue weighted by atomic mass is 32.1. The highest BCUT2D eigenvalue weighted by Gasteiger charge is 2.26. The number of fused-ring (bicyclic) bond motifs is 1. The fourth-order valence-electron chi connectivity index (χ4n) is 3.54. The number of para-hydroxylation sites is 2. The lowest BCUT2D eigenvalue weighted by molar-refractivity contribution is -0.125. The Morgan fingerprint density at radius 1 is 1.11 bits per heavy atom. The molecule has 1 aromatic carbocycles. The Morgan fingerprint density at radius 3 is 2.76 bits per heavy atom. The number of anilines is 4.